The number of para-hydroxylation sites is 2. The molecule has 2 aliphatic heterocycles. The molecule has 7 nitrogen and oxygen atoms in total. The lowest BCUT2D eigenvalue weighted by Gasteiger charge is -2.33. The first kappa shape index (κ1) is 16.6. The van der Waals surface area contributed by atoms with Crippen LogP contribution in [0.2, 0.25) is 0 Å². The van der Waals surface area contributed by atoms with Gasteiger partial charge >= 0.3 is 0 Å². The zero-order valence-electron chi connectivity index (χ0n) is 14.5. The minimum absolute atomic E-state index is 0.115. The van der Waals surface area contributed by atoms with Crippen molar-refractivity contribution >= 4 is 11.7 Å². The number of fused-ring (bicyclic) bond motifs is 1. The van der Waals surface area contributed by atoms with Crippen molar-refractivity contribution in [3.05, 3.63) is 42.9 Å². The van der Waals surface area contributed by atoms with Crippen LogP contribution in [-0.4, -0.2) is 48.2 Å². The molecule has 1 saturated heterocycles. The maximum atomic E-state index is 12.4. The Morgan fingerprint density at radius 2 is 2.00 bits per heavy atom. The highest BCUT2D eigenvalue weighted by Crippen LogP contribution is 2.30. The van der Waals surface area contributed by atoms with Crippen molar-refractivity contribution in [2.75, 3.05) is 31.1 Å². The Labute approximate surface area is 152 Å². The Kier molecular flexibility index (Phi) is 4.86. The number of piperidine rings is 1. The van der Waals surface area contributed by atoms with Gasteiger partial charge in [0.15, 0.2) is 11.5 Å². The average Bonchev–Trinajstić information content (AvgIpc) is 2.72. The fourth-order valence-electron chi connectivity index (χ4n) is 3.33. The molecule has 0 bridgehead atoms. The molecule has 26 heavy (non-hydrogen) atoms. The normalized spacial score (nSPS) is 19.8. The van der Waals surface area contributed by atoms with Gasteiger partial charge in [-0.15, -0.1) is 0 Å². The molecule has 3 heterocycles. The molecule has 2 aliphatic rings. The van der Waals surface area contributed by atoms with E-state index in [9.17, 15) is 4.79 Å². The minimum atomic E-state index is -0.593. The SMILES string of the molecule is O=C(NCC1CCN(c2cnccn2)CC1)[C@H]1COc2ccccc2O1. The maximum absolute atomic E-state index is 12.4. The van der Waals surface area contributed by atoms with Crippen LogP contribution in [-0.2, 0) is 4.79 Å². The third kappa shape index (κ3) is 3.71. The van der Waals surface area contributed by atoms with Crippen LogP contribution >= 0.6 is 0 Å². The van der Waals surface area contributed by atoms with Crippen molar-refractivity contribution in [3.8, 4) is 11.5 Å². The predicted molar refractivity (Wildman–Crippen MR) is 96.3 cm³/mol. The Bertz CT molecular complexity index is 747. The molecule has 0 aliphatic carbocycles. The van der Waals surface area contributed by atoms with Crippen LogP contribution in [0.25, 0.3) is 0 Å². The number of rotatable bonds is 4. The van der Waals surface area contributed by atoms with Gasteiger partial charge in [0.2, 0.25) is 6.10 Å². The molecule has 2 aromatic rings. The molecule has 1 fully saturated rings. The van der Waals surface area contributed by atoms with Crippen LogP contribution in [0.5, 0.6) is 11.5 Å². The monoisotopic (exact) mass is 354 g/mol. The molecule has 1 atom stereocenters. The van der Waals surface area contributed by atoms with Crippen LogP contribution in [0.1, 0.15) is 12.8 Å². The molecule has 1 aromatic carbocycles. The summed E-state index contributed by atoms with van der Waals surface area (Å²) in [6, 6.07) is 7.41. The van der Waals surface area contributed by atoms with Crippen molar-refractivity contribution < 1.29 is 14.3 Å². The zero-order valence-corrected chi connectivity index (χ0v) is 14.5. The molecule has 0 saturated carbocycles. The summed E-state index contributed by atoms with van der Waals surface area (Å²) in [5, 5.41) is 3.02. The molecule has 7 heteroatoms. The predicted octanol–water partition coefficient (Wildman–Crippen LogP) is 1.65. The highest BCUT2D eigenvalue weighted by atomic mass is 16.6. The lowest BCUT2D eigenvalue weighted by Crippen LogP contribution is -2.46. The van der Waals surface area contributed by atoms with Gasteiger partial charge in [-0.2, -0.15) is 0 Å². The molecule has 0 unspecified atom stereocenters. The quantitative estimate of drug-likeness (QED) is 0.900. The number of nitrogens with zero attached hydrogens (tertiary/aromatic N) is 3. The van der Waals surface area contributed by atoms with E-state index < -0.39 is 6.10 Å². The van der Waals surface area contributed by atoms with Crippen molar-refractivity contribution in [2.45, 2.75) is 18.9 Å². The van der Waals surface area contributed by atoms with Crippen LogP contribution in [0.15, 0.2) is 42.9 Å². The van der Waals surface area contributed by atoms with Gasteiger partial charge in [-0.05, 0) is 30.9 Å². The summed E-state index contributed by atoms with van der Waals surface area (Å²) in [5.74, 6) is 2.57. The number of anilines is 1. The summed E-state index contributed by atoms with van der Waals surface area (Å²) >= 11 is 0. The number of carbonyl (C=O) groups excluding carboxylic acids is 1. The standard InChI is InChI=1S/C19H22N4O3/c24-19(17-13-25-15-3-1-2-4-16(15)26-17)22-11-14-5-9-23(10-6-14)18-12-20-7-8-21-18/h1-4,7-8,12,14,17H,5-6,9-11,13H2,(H,22,24)/t17-/m1/s1. The summed E-state index contributed by atoms with van der Waals surface area (Å²) in [5.41, 5.74) is 0. The molecule has 4 rings (SSSR count). The second-order valence-corrected chi connectivity index (χ2v) is 6.60. The van der Waals surface area contributed by atoms with Gasteiger partial charge < -0.3 is 19.7 Å². The first-order chi connectivity index (χ1) is 12.8. The van der Waals surface area contributed by atoms with Gasteiger partial charge in [0, 0.05) is 32.0 Å². The summed E-state index contributed by atoms with van der Waals surface area (Å²) in [6.07, 6.45) is 6.63. The molecule has 136 valence electrons. The van der Waals surface area contributed by atoms with Crippen molar-refractivity contribution in [3.63, 3.8) is 0 Å². The van der Waals surface area contributed by atoms with Gasteiger partial charge in [-0.3, -0.25) is 9.78 Å². The highest BCUT2D eigenvalue weighted by molar-refractivity contribution is 5.81. The number of carbonyl (C=O) groups is 1. The number of hydrogen-bond acceptors (Lipinski definition) is 6. The largest absolute Gasteiger partial charge is 0.485 e. The number of hydrogen-bond donors (Lipinski definition) is 1. The molecule has 1 amide bonds. The van der Waals surface area contributed by atoms with E-state index in [1.807, 2.05) is 24.3 Å². The zero-order chi connectivity index (χ0) is 17.8. The molecular formula is C19H22N4O3. The van der Waals surface area contributed by atoms with Gasteiger partial charge in [-0.25, -0.2) is 4.98 Å². The van der Waals surface area contributed by atoms with E-state index >= 15 is 0 Å². The number of aromatic nitrogens is 2. The Morgan fingerprint density at radius 1 is 1.19 bits per heavy atom. The van der Waals surface area contributed by atoms with Crippen LogP contribution in [0.4, 0.5) is 5.82 Å². The Balaban J connectivity index is 1.23. The van der Waals surface area contributed by atoms with Gasteiger partial charge in [-0.1, -0.05) is 12.1 Å². The third-order valence-corrected chi connectivity index (χ3v) is 4.85. The molecule has 0 radical (unpaired) electrons. The van der Waals surface area contributed by atoms with Crippen molar-refractivity contribution in [1.29, 1.82) is 0 Å². The van der Waals surface area contributed by atoms with E-state index in [-0.39, 0.29) is 12.5 Å². The molecule has 1 aromatic heterocycles. The number of amides is 1. The fraction of sp³-hybridized carbons (Fsp3) is 0.421. The first-order valence-electron chi connectivity index (χ1n) is 8.97. The van der Waals surface area contributed by atoms with E-state index in [1.165, 1.54) is 0 Å². The minimum Gasteiger partial charge on any atom is -0.485 e. The van der Waals surface area contributed by atoms with E-state index in [0.29, 0.717) is 24.0 Å². The highest BCUT2D eigenvalue weighted by Gasteiger charge is 2.28. The van der Waals surface area contributed by atoms with Crippen LogP contribution < -0.4 is 19.7 Å². The summed E-state index contributed by atoms with van der Waals surface area (Å²) in [4.78, 5) is 23.1. The van der Waals surface area contributed by atoms with E-state index in [2.05, 4.69) is 20.2 Å². The lowest BCUT2D eigenvalue weighted by atomic mass is 9.96. The topological polar surface area (TPSA) is 76.6 Å². The second-order valence-electron chi connectivity index (χ2n) is 6.60. The van der Waals surface area contributed by atoms with E-state index in [0.717, 1.165) is 31.7 Å². The van der Waals surface area contributed by atoms with Gasteiger partial charge in [0.25, 0.3) is 5.91 Å². The number of ether oxygens (including phenoxy) is 2. The first-order valence-corrected chi connectivity index (χ1v) is 8.97. The fourth-order valence-corrected chi connectivity index (χ4v) is 3.33. The smallest absolute Gasteiger partial charge is 0.264 e. The van der Waals surface area contributed by atoms with E-state index in [4.69, 9.17) is 9.47 Å². The number of benzene rings is 1. The third-order valence-electron chi connectivity index (χ3n) is 4.85. The molecular weight excluding hydrogens is 332 g/mol. The summed E-state index contributed by atoms with van der Waals surface area (Å²) < 4.78 is 11.4. The van der Waals surface area contributed by atoms with Crippen LogP contribution in [0.3, 0.4) is 0 Å². The van der Waals surface area contributed by atoms with Gasteiger partial charge in [0.05, 0.1) is 6.20 Å². The van der Waals surface area contributed by atoms with Crippen molar-refractivity contribution in [2.24, 2.45) is 5.92 Å². The Hall–Kier alpha value is -2.83. The molecule has 0 spiro atoms. The van der Waals surface area contributed by atoms with Gasteiger partial charge in [0.1, 0.15) is 12.4 Å². The lowest BCUT2D eigenvalue weighted by molar-refractivity contribution is -0.130. The van der Waals surface area contributed by atoms with Crippen molar-refractivity contribution in [1.82, 2.24) is 15.3 Å². The number of nitrogens with one attached hydrogen (secondary N) is 1. The summed E-state index contributed by atoms with van der Waals surface area (Å²) in [7, 11) is 0. The van der Waals surface area contributed by atoms with E-state index in [1.54, 1.807) is 18.6 Å². The Morgan fingerprint density at radius 3 is 2.77 bits per heavy atom. The average molecular weight is 354 g/mol. The van der Waals surface area contributed by atoms with Crippen LogP contribution in [0, 0.1) is 5.92 Å². The summed E-state index contributed by atoms with van der Waals surface area (Å²) in [6.45, 7) is 2.76. The molecule has 1 N–H and O–H groups in total. The maximum Gasteiger partial charge on any atom is 0.264 e. The second kappa shape index (κ2) is 7.59.